The summed E-state index contributed by atoms with van der Waals surface area (Å²) in [6.45, 7) is 3.38. The lowest BCUT2D eigenvalue weighted by Crippen LogP contribution is -2.57. The second-order valence-electron chi connectivity index (χ2n) is 5.35. The fraction of sp³-hybridized carbons (Fsp3) is 0.769. The quantitative estimate of drug-likeness (QED) is 0.774. The van der Waals surface area contributed by atoms with Gasteiger partial charge in [-0.3, -0.25) is 4.79 Å². The molecule has 2 atom stereocenters. The minimum absolute atomic E-state index is 0.0939. The van der Waals surface area contributed by atoms with E-state index in [-0.39, 0.29) is 18.0 Å². The Morgan fingerprint density at radius 1 is 1.45 bits per heavy atom. The van der Waals surface area contributed by atoms with Crippen LogP contribution >= 0.6 is 0 Å². The maximum absolute atomic E-state index is 12.1. The Balaban J connectivity index is 1.90. The summed E-state index contributed by atoms with van der Waals surface area (Å²) in [6, 6.07) is -1.09. The predicted octanol–water partition coefficient (Wildman–Crippen LogP) is 0.256. The molecule has 2 aliphatic heterocycles. The molecule has 2 N–H and O–H groups in total. The SMILES string of the molecule is CCCC(NC(=O)N1CCN2C(=O)CCC2C1)C(=O)O. The molecular formula is C13H21N3O4. The van der Waals surface area contributed by atoms with Crippen LogP contribution in [-0.4, -0.2) is 64.5 Å². The van der Waals surface area contributed by atoms with Crippen LogP contribution in [-0.2, 0) is 9.59 Å². The number of carbonyl (C=O) groups is 3. The molecule has 3 amide bonds. The number of rotatable bonds is 4. The van der Waals surface area contributed by atoms with E-state index < -0.39 is 12.0 Å². The highest BCUT2D eigenvalue weighted by Gasteiger charge is 2.37. The van der Waals surface area contributed by atoms with E-state index in [1.165, 1.54) is 0 Å². The number of fused-ring (bicyclic) bond motifs is 1. The molecule has 7 nitrogen and oxygen atoms in total. The molecule has 0 aromatic heterocycles. The van der Waals surface area contributed by atoms with Crippen LogP contribution < -0.4 is 5.32 Å². The molecule has 0 aromatic rings. The molecule has 0 bridgehead atoms. The number of nitrogens with one attached hydrogen (secondary N) is 1. The third kappa shape index (κ3) is 3.02. The number of carboxylic acid groups (broad SMARTS) is 1. The van der Waals surface area contributed by atoms with E-state index >= 15 is 0 Å². The third-order valence-corrected chi connectivity index (χ3v) is 3.95. The number of amides is 3. The summed E-state index contributed by atoms with van der Waals surface area (Å²) in [4.78, 5) is 38.2. The first-order valence-corrected chi connectivity index (χ1v) is 7.10. The van der Waals surface area contributed by atoms with E-state index in [2.05, 4.69) is 5.32 Å². The van der Waals surface area contributed by atoms with Gasteiger partial charge in [-0.2, -0.15) is 0 Å². The van der Waals surface area contributed by atoms with Crippen molar-refractivity contribution in [1.29, 1.82) is 0 Å². The van der Waals surface area contributed by atoms with Gasteiger partial charge in [0.15, 0.2) is 0 Å². The molecule has 2 fully saturated rings. The first-order chi connectivity index (χ1) is 9.52. The summed E-state index contributed by atoms with van der Waals surface area (Å²) >= 11 is 0. The molecule has 0 aromatic carbocycles. The Labute approximate surface area is 117 Å². The maximum atomic E-state index is 12.1. The van der Waals surface area contributed by atoms with Crippen LogP contribution in [0.15, 0.2) is 0 Å². The summed E-state index contributed by atoms with van der Waals surface area (Å²) in [6.07, 6.45) is 2.44. The van der Waals surface area contributed by atoms with Gasteiger partial charge in [0.05, 0.1) is 0 Å². The molecular weight excluding hydrogens is 262 g/mol. The van der Waals surface area contributed by atoms with Crippen molar-refractivity contribution >= 4 is 17.9 Å². The molecule has 0 spiro atoms. The Hall–Kier alpha value is -1.79. The Kier molecular flexibility index (Phi) is 4.46. The van der Waals surface area contributed by atoms with Crippen molar-refractivity contribution in [2.45, 2.75) is 44.7 Å². The fourth-order valence-electron chi connectivity index (χ4n) is 2.84. The normalized spacial score (nSPS) is 23.4. The summed E-state index contributed by atoms with van der Waals surface area (Å²) in [5.74, 6) is -0.848. The molecule has 7 heteroatoms. The Bertz CT molecular complexity index is 412. The van der Waals surface area contributed by atoms with Gasteiger partial charge in [-0.25, -0.2) is 9.59 Å². The van der Waals surface area contributed by atoms with E-state index in [4.69, 9.17) is 5.11 Å². The van der Waals surface area contributed by atoms with E-state index in [0.717, 1.165) is 6.42 Å². The van der Waals surface area contributed by atoms with E-state index in [0.29, 0.717) is 38.9 Å². The zero-order valence-corrected chi connectivity index (χ0v) is 11.7. The number of aliphatic carboxylic acids is 1. The highest BCUT2D eigenvalue weighted by atomic mass is 16.4. The molecule has 112 valence electrons. The lowest BCUT2D eigenvalue weighted by Gasteiger charge is -2.37. The number of nitrogens with zero attached hydrogens (tertiary/aromatic N) is 2. The highest BCUT2D eigenvalue weighted by Crippen LogP contribution is 2.22. The predicted molar refractivity (Wildman–Crippen MR) is 71.2 cm³/mol. The largest absolute Gasteiger partial charge is 0.480 e. The van der Waals surface area contributed by atoms with Crippen molar-refractivity contribution < 1.29 is 19.5 Å². The van der Waals surface area contributed by atoms with Crippen molar-refractivity contribution in [2.24, 2.45) is 0 Å². The lowest BCUT2D eigenvalue weighted by molar-refractivity contribution is -0.139. The monoisotopic (exact) mass is 283 g/mol. The van der Waals surface area contributed by atoms with Gasteiger partial charge in [-0.05, 0) is 12.8 Å². The van der Waals surface area contributed by atoms with Gasteiger partial charge in [0.1, 0.15) is 6.04 Å². The first kappa shape index (κ1) is 14.6. The van der Waals surface area contributed by atoms with Crippen LogP contribution in [0.3, 0.4) is 0 Å². The third-order valence-electron chi connectivity index (χ3n) is 3.95. The number of hydrogen-bond donors (Lipinski definition) is 2. The van der Waals surface area contributed by atoms with Gasteiger partial charge in [-0.15, -0.1) is 0 Å². The zero-order chi connectivity index (χ0) is 14.7. The number of piperazine rings is 1. The van der Waals surface area contributed by atoms with Gasteiger partial charge in [-0.1, -0.05) is 13.3 Å². The van der Waals surface area contributed by atoms with Gasteiger partial charge >= 0.3 is 12.0 Å². The van der Waals surface area contributed by atoms with Crippen molar-refractivity contribution in [3.8, 4) is 0 Å². The van der Waals surface area contributed by atoms with Crippen LogP contribution in [0.2, 0.25) is 0 Å². The molecule has 2 aliphatic rings. The molecule has 2 heterocycles. The summed E-state index contributed by atoms with van der Waals surface area (Å²) in [5.41, 5.74) is 0. The van der Waals surface area contributed by atoms with Crippen LogP contribution in [0.25, 0.3) is 0 Å². The van der Waals surface area contributed by atoms with Crippen molar-refractivity contribution in [3.05, 3.63) is 0 Å². The minimum Gasteiger partial charge on any atom is -0.480 e. The summed E-state index contributed by atoms with van der Waals surface area (Å²) < 4.78 is 0. The Morgan fingerprint density at radius 2 is 2.20 bits per heavy atom. The second kappa shape index (κ2) is 6.11. The number of hydrogen-bond acceptors (Lipinski definition) is 3. The average Bonchev–Trinajstić information content (AvgIpc) is 2.79. The number of carboxylic acids is 1. The first-order valence-electron chi connectivity index (χ1n) is 7.10. The molecule has 0 radical (unpaired) electrons. The second-order valence-corrected chi connectivity index (χ2v) is 5.35. The average molecular weight is 283 g/mol. The van der Waals surface area contributed by atoms with E-state index in [9.17, 15) is 14.4 Å². The van der Waals surface area contributed by atoms with Gasteiger partial charge in [0, 0.05) is 32.1 Å². The lowest BCUT2D eigenvalue weighted by atomic mass is 10.1. The molecule has 20 heavy (non-hydrogen) atoms. The highest BCUT2D eigenvalue weighted by molar-refractivity contribution is 5.83. The molecule has 0 aliphatic carbocycles. The summed E-state index contributed by atoms with van der Waals surface area (Å²) in [5, 5.41) is 11.6. The Morgan fingerprint density at radius 3 is 2.85 bits per heavy atom. The van der Waals surface area contributed by atoms with Crippen LogP contribution in [0.4, 0.5) is 4.79 Å². The van der Waals surface area contributed by atoms with E-state index in [1.54, 1.807) is 4.90 Å². The number of urea groups is 1. The fourth-order valence-corrected chi connectivity index (χ4v) is 2.84. The molecule has 0 saturated carbocycles. The smallest absolute Gasteiger partial charge is 0.326 e. The molecule has 2 rings (SSSR count). The van der Waals surface area contributed by atoms with Crippen molar-refractivity contribution in [1.82, 2.24) is 15.1 Å². The van der Waals surface area contributed by atoms with Gasteiger partial charge in [0.2, 0.25) is 5.91 Å². The summed E-state index contributed by atoms with van der Waals surface area (Å²) in [7, 11) is 0. The van der Waals surface area contributed by atoms with Crippen LogP contribution in [0, 0.1) is 0 Å². The number of carbonyl (C=O) groups excluding carboxylic acids is 2. The zero-order valence-electron chi connectivity index (χ0n) is 11.7. The van der Waals surface area contributed by atoms with Crippen molar-refractivity contribution in [3.63, 3.8) is 0 Å². The topological polar surface area (TPSA) is 90.0 Å². The van der Waals surface area contributed by atoms with E-state index in [1.807, 2.05) is 11.8 Å². The van der Waals surface area contributed by atoms with Gasteiger partial charge < -0.3 is 20.2 Å². The van der Waals surface area contributed by atoms with Gasteiger partial charge in [0.25, 0.3) is 0 Å². The standard InChI is InChI=1S/C13H21N3O4/c1-2-3-10(12(18)19)14-13(20)15-6-7-16-9(8-15)4-5-11(16)17/h9-10H,2-8H2,1H3,(H,14,20)(H,18,19). The maximum Gasteiger partial charge on any atom is 0.326 e. The van der Waals surface area contributed by atoms with Crippen LogP contribution in [0.5, 0.6) is 0 Å². The van der Waals surface area contributed by atoms with Crippen molar-refractivity contribution in [2.75, 3.05) is 19.6 Å². The van der Waals surface area contributed by atoms with Crippen LogP contribution in [0.1, 0.15) is 32.6 Å². The minimum atomic E-state index is -1.00. The molecule has 2 saturated heterocycles. The molecule has 2 unspecified atom stereocenters.